The van der Waals surface area contributed by atoms with Gasteiger partial charge in [0.05, 0.1) is 0 Å². The van der Waals surface area contributed by atoms with Crippen molar-refractivity contribution in [2.24, 2.45) is 5.73 Å². The Bertz CT molecular complexity index is 447. The van der Waals surface area contributed by atoms with E-state index >= 15 is 0 Å². The summed E-state index contributed by atoms with van der Waals surface area (Å²) in [6, 6.07) is 7.90. The Morgan fingerprint density at radius 2 is 2.24 bits per heavy atom. The van der Waals surface area contributed by atoms with Gasteiger partial charge in [-0.05, 0) is 12.5 Å². The molecule has 2 aliphatic rings. The number of carbonyl (C=O) groups is 1. The summed E-state index contributed by atoms with van der Waals surface area (Å²) in [7, 11) is 0. The second-order valence-electron chi connectivity index (χ2n) is 4.73. The molecule has 3 rings (SSSR count). The molecular formula is C13H16N2O2. The maximum Gasteiger partial charge on any atom is 0.233 e. The molecule has 1 saturated heterocycles. The average Bonchev–Trinajstić information content (AvgIpc) is 2.94. The first-order chi connectivity index (χ1) is 8.25. The molecule has 0 radical (unpaired) electrons. The third-order valence-corrected chi connectivity index (χ3v) is 3.53. The van der Waals surface area contributed by atoms with Crippen LogP contribution in [0.1, 0.15) is 17.9 Å². The van der Waals surface area contributed by atoms with E-state index < -0.39 is 0 Å². The number of fused-ring (bicyclic) bond motifs is 1. The van der Waals surface area contributed by atoms with Crippen LogP contribution in [-0.2, 0) is 4.79 Å². The number of benzene rings is 1. The Balaban J connectivity index is 1.80. The molecule has 90 valence electrons. The minimum atomic E-state index is -0.142. The highest BCUT2D eigenvalue weighted by atomic mass is 16.5. The van der Waals surface area contributed by atoms with Gasteiger partial charge < -0.3 is 15.4 Å². The summed E-state index contributed by atoms with van der Waals surface area (Å²) in [6.45, 7) is 1.92. The zero-order valence-electron chi connectivity index (χ0n) is 9.63. The molecule has 2 atom stereocenters. The molecule has 0 bridgehead atoms. The summed E-state index contributed by atoms with van der Waals surface area (Å²) in [5, 5.41) is 0. The molecule has 1 unspecified atom stereocenters. The Morgan fingerprint density at radius 3 is 3.00 bits per heavy atom. The van der Waals surface area contributed by atoms with Gasteiger partial charge in [0.15, 0.2) is 0 Å². The number of hydrogen-bond acceptors (Lipinski definition) is 3. The van der Waals surface area contributed by atoms with Crippen molar-refractivity contribution in [3.63, 3.8) is 0 Å². The van der Waals surface area contributed by atoms with Crippen LogP contribution >= 0.6 is 0 Å². The monoisotopic (exact) mass is 232 g/mol. The van der Waals surface area contributed by atoms with Gasteiger partial charge in [-0.15, -0.1) is 0 Å². The van der Waals surface area contributed by atoms with Crippen molar-refractivity contribution in [3.8, 4) is 5.75 Å². The molecule has 4 heteroatoms. The van der Waals surface area contributed by atoms with Crippen LogP contribution in [0.25, 0.3) is 0 Å². The molecular weight excluding hydrogens is 216 g/mol. The summed E-state index contributed by atoms with van der Waals surface area (Å²) in [6.07, 6.45) is 0.904. The Morgan fingerprint density at radius 1 is 1.41 bits per heavy atom. The van der Waals surface area contributed by atoms with Crippen LogP contribution in [0.3, 0.4) is 0 Å². The molecule has 0 aromatic heterocycles. The van der Waals surface area contributed by atoms with E-state index in [2.05, 4.69) is 0 Å². The highest BCUT2D eigenvalue weighted by Gasteiger charge is 2.35. The van der Waals surface area contributed by atoms with Gasteiger partial charge in [-0.2, -0.15) is 0 Å². The standard InChI is InChI=1S/C13H16N2O2/c14-9-5-6-15(7-9)13(16)11-8-17-12-4-2-1-3-10(11)12/h1-4,9,11H,5-8,14H2/t9-,11?/m0/s1. The van der Waals surface area contributed by atoms with E-state index in [0.29, 0.717) is 13.2 Å². The van der Waals surface area contributed by atoms with Crippen LogP contribution in [0.4, 0.5) is 0 Å². The predicted octanol–water partition coefficient (Wildman–Crippen LogP) is 0.722. The minimum Gasteiger partial charge on any atom is -0.492 e. The number of hydrogen-bond donors (Lipinski definition) is 1. The fourth-order valence-corrected chi connectivity index (χ4v) is 2.57. The summed E-state index contributed by atoms with van der Waals surface area (Å²) in [5.41, 5.74) is 6.84. The topological polar surface area (TPSA) is 55.6 Å². The van der Waals surface area contributed by atoms with Crippen molar-refractivity contribution in [1.82, 2.24) is 4.90 Å². The number of nitrogens with zero attached hydrogens (tertiary/aromatic N) is 1. The smallest absolute Gasteiger partial charge is 0.233 e. The molecule has 0 spiro atoms. The molecule has 1 aromatic rings. The Kier molecular flexibility index (Phi) is 2.52. The molecule has 17 heavy (non-hydrogen) atoms. The van der Waals surface area contributed by atoms with E-state index in [1.807, 2.05) is 29.2 Å². The lowest BCUT2D eigenvalue weighted by Gasteiger charge is -2.19. The van der Waals surface area contributed by atoms with Crippen molar-refractivity contribution in [2.75, 3.05) is 19.7 Å². The second kappa shape index (κ2) is 4.04. The first kappa shape index (κ1) is 10.6. The number of carbonyl (C=O) groups excluding carboxylic acids is 1. The number of para-hydroxylation sites is 1. The molecule has 2 N–H and O–H groups in total. The van der Waals surface area contributed by atoms with Gasteiger partial charge in [-0.25, -0.2) is 0 Å². The van der Waals surface area contributed by atoms with Crippen LogP contribution < -0.4 is 10.5 Å². The number of ether oxygens (including phenoxy) is 1. The van der Waals surface area contributed by atoms with Crippen LogP contribution in [0.5, 0.6) is 5.75 Å². The summed E-state index contributed by atoms with van der Waals surface area (Å²) in [5.74, 6) is 0.855. The predicted molar refractivity (Wildman–Crippen MR) is 63.9 cm³/mol. The summed E-state index contributed by atoms with van der Waals surface area (Å²) < 4.78 is 5.54. The van der Waals surface area contributed by atoms with E-state index in [1.165, 1.54) is 0 Å². The van der Waals surface area contributed by atoms with Crippen LogP contribution in [0.2, 0.25) is 0 Å². The lowest BCUT2D eigenvalue weighted by Crippen LogP contribution is -2.35. The highest BCUT2D eigenvalue weighted by Crippen LogP contribution is 2.35. The molecule has 1 amide bonds. The Labute approximate surface area is 100 Å². The summed E-state index contributed by atoms with van der Waals surface area (Å²) >= 11 is 0. The lowest BCUT2D eigenvalue weighted by atomic mass is 10.00. The van der Waals surface area contributed by atoms with Crippen molar-refractivity contribution in [2.45, 2.75) is 18.4 Å². The number of likely N-dealkylation sites (tertiary alicyclic amines) is 1. The minimum absolute atomic E-state index is 0.136. The van der Waals surface area contributed by atoms with Gasteiger partial charge in [0.25, 0.3) is 0 Å². The van der Waals surface area contributed by atoms with E-state index in [0.717, 1.165) is 24.3 Å². The zero-order valence-corrected chi connectivity index (χ0v) is 9.63. The SMILES string of the molecule is N[C@H]1CCN(C(=O)C2COc3ccccc32)C1. The van der Waals surface area contributed by atoms with Gasteiger partial charge in [0.2, 0.25) is 5.91 Å². The van der Waals surface area contributed by atoms with E-state index in [9.17, 15) is 4.79 Å². The zero-order chi connectivity index (χ0) is 11.8. The fourth-order valence-electron chi connectivity index (χ4n) is 2.57. The molecule has 1 aromatic carbocycles. The van der Waals surface area contributed by atoms with E-state index in [4.69, 9.17) is 10.5 Å². The summed E-state index contributed by atoms with van der Waals surface area (Å²) in [4.78, 5) is 14.2. The number of rotatable bonds is 1. The quantitative estimate of drug-likeness (QED) is 0.776. The average molecular weight is 232 g/mol. The normalized spacial score (nSPS) is 26.8. The van der Waals surface area contributed by atoms with Gasteiger partial charge >= 0.3 is 0 Å². The van der Waals surface area contributed by atoms with Crippen LogP contribution in [0, 0.1) is 0 Å². The van der Waals surface area contributed by atoms with Gasteiger partial charge in [0, 0.05) is 24.7 Å². The third kappa shape index (κ3) is 1.78. The maximum atomic E-state index is 12.3. The van der Waals surface area contributed by atoms with Crippen molar-refractivity contribution >= 4 is 5.91 Å². The van der Waals surface area contributed by atoms with Crippen molar-refractivity contribution in [3.05, 3.63) is 29.8 Å². The fraction of sp³-hybridized carbons (Fsp3) is 0.462. The molecule has 2 heterocycles. The molecule has 1 fully saturated rings. The van der Waals surface area contributed by atoms with E-state index in [-0.39, 0.29) is 17.9 Å². The third-order valence-electron chi connectivity index (χ3n) is 3.53. The first-order valence-electron chi connectivity index (χ1n) is 6.02. The molecule has 0 saturated carbocycles. The number of nitrogens with two attached hydrogens (primary N) is 1. The van der Waals surface area contributed by atoms with Crippen LogP contribution in [-0.4, -0.2) is 36.5 Å². The van der Waals surface area contributed by atoms with E-state index in [1.54, 1.807) is 0 Å². The molecule has 2 aliphatic heterocycles. The van der Waals surface area contributed by atoms with Crippen LogP contribution in [0.15, 0.2) is 24.3 Å². The highest BCUT2D eigenvalue weighted by molar-refractivity contribution is 5.85. The van der Waals surface area contributed by atoms with Gasteiger partial charge in [-0.1, -0.05) is 18.2 Å². The number of amides is 1. The largest absolute Gasteiger partial charge is 0.492 e. The van der Waals surface area contributed by atoms with Gasteiger partial charge in [-0.3, -0.25) is 4.79 Å². The Hall–Kier alpha value is -1.55. The van der Waals surface area contributed by atoms with Crippen molar-refractivity contribution < 1.29 is 9.53 Å². The first-order valence-corrected chi connectivity index (χ1v) is 6.02. The van der Waals surface area contributed by atoms with Gasteiger partial charge in [0.1, 0.15) is 18.3 Å². The second-order valence-corrected chi connectivity index (χ2v) is 4.73. The molecule has 4 nitrogen and oxygen atoms in total. The maximum absolute atomic E-state index is 12.3. The lowest BCUT2D eigenvalue weighted by molar-refractivity contribution is -0.132. The molecule has 0 aliphatic carbocycles. The van der Waals surface area contributed by atoms with Crippen molar-refractivity contribution in [1.29, 1.82) is 0 Å².